The first-order chi connectivity index (χ1) is 13.5. The fourth-order valence-corrected chi connectivity index (χ4v) is 3.26. The van der Waals surface area contributed by atoms with Gasteiger partial charge in [0.1, 0.15) is 5.75 Å². The summed E-state index contributed by atoms with van der Waals surface area (Å²) < 4.78 is 6.26. The van der Waals surface area contributed by atoms with E-state index < -0.39 is 0 Å². The van der Waals surface area contributed by atoms with Crippen LogP contribution in [0, 0.1) is 0 Å². The number of hydrogen-bond donors (Lipinski definition) is 0. The first-order valence-electron chi connectivity index (χ1n) is 8.78. The predicted molar refractivity (Wildman–Crippen MR) is 113 cm³/mol. The molecule has 0 unspecified atom stereocenters. The third-order valence-electron chi connectivity index (χ3n) is 4.46. The Morgan fingerprint density at radius 3 is 2.18 bits per heavy atom. The largest absolute Gasteiger partial charge is 0.496 e. The van der Waals surface area contributed by atoms with E-state index in [0.717, 1.165) is 15.8 Å². The lowest BCUT2D eigenvalue weighted by atomic mass is 9.97. The lowest BCUT2D eigenvalue weighted by molar-refractivity contribution is 0.0779. The van der Waals surface area contributed by atoms with E-state index in [2.05, 4.69) is 15.9 Å². The van der Waals surface area contributed by atoms with E-state index in [-0.39, 0.29) is 11.7 Å². The first-order valence-corrected chi connectivity index (χ1v) is 9.57. The maximum absolute atomic E-state index is 13.1. The Kier molecular flexibility index (Phi) is 6.26. The molecule has 142 valence electrons. The van der Waals surface area contributed by atoms with Crippen molar-refractivity contribution in [2.75, 3.05) is 14.2 Å². The molecule has 3 aromatic carbocycles. The zero-order valence-electron chi connectivity index (χ0n) is 15.7. The summed E-state index contributed by atoms with van der Waals surface area (Å²) in [7, 11) is 3.32. The Hall–Kier alpha value is -2.92. The van der Waals surface area contributed by atoms with Crippen LogP contribution in [0.15, 0.2) is 77.3 Å². The lowest BCUT2D eigenvalue weighted by Gasteiger charge is -2.20. The molecule has 0 aliphatic rings. The van der Waals surface area contributed by atoms with Crippen LogP contribution in [0.4, 0.5) is 0 Å². The topological polar surface area (TPSA) is 46.6 Å². The molecule has 28 heavy (non-hydrogen) atoms. The van der Waals surface area contributed by atoms with Crippen molar-refractivity contribution < 1.29 is 14.3 Å². The Morgan fingerprint density at radius 1 is 0.893 bits per heavy atom. The van der Waals surface area contributed by atoms with Crippen molar-refractivity contribution in [1.82, 2.24) is 4.90 Å². The Bertz CT molecular complexity index is 999. The molecule has 0 heterocycles. The highest BCUT2D eigenvalue weighted by atomic mass is 79.9. The van der Waals surface area contributed by atoms with Crippen molar-refractivity contribution in [1.29, 1.82) is 0 Å². The summed E-state index contributed by atoms with van der Waals surface area (Å²) in [6.45, 7) is 0.379. The normalized spacial score (nSPS) is 10.4. The second-order valence-corrected chi connectivity index (χ2v) is 7.27. The van der Waals surface area contributed by atoms with Gasteiger partial charge in [-0.2, -0.15) is 0 Å². The summed E-state index contributed by atoms with van der Waals surface area (Å²) in [5, 5.41) is 0. The minimum Gasteiger partial charge on any atom is -0.496 e. The molecule has 0 atom stereocenters. The number of amides is 1. The van der Waals surface area contributed by atoms with E-state index in [9.17, 15) is 9.59 Å². The van der Waals surface area contributed by atoms with Crippen LogP contribution in [0.2, 0.25) is 0 Å². The molecule has 4 nitrogen and oxygen atoms in total. The summed E-state index contributed by atoms with van der Waals surface area (Å²) in [6.07, 6.45) is 0. The standard InChI is InChI=1S/C23H20BrNO3/c1-25(15-17-7-3-6-10-21(17)28-2)23(27)20-9-5-4-8-19(20)22(26)16-11-13-18(24)14-12-16/h3-14H,15H2,1-2H3. The molecule has 0 aliphatic carbocycles. The van der Waals surface area contributed by atoms with Gasteiger partial charge in [-0.25, -0.2) is 0 Å². The van der Waals surface area contributed by atoms with Crippen LogP contribution in [-0.4, -0.2) is 30.7 Å². The Labute approximate surface area is 172 Å². The molecule has 0 aliphatic heterocycles. The van der Waals surface area contributed by atoms with Crippen LogP contribution in [0.5, 0.6) is 5.75 Å². The van der Waals surface area contributed by atoms with Crippen LogP contribution in [0.25, 0.3) is 0 Å². The molecular formula is C23H20BrNO3. The average molecular weight is 438 g/mol. The van der Waals surface area contributed by atoms with Gasteiger partial charge in [-0.1, -0.05) is 52.3 Å². The van der Waals surface area contributed by atoms with Crippen LogP contribution in [0.1, 0.15) is 31.8 Å². The summed E-state index contributed by atoms with van der Waals surface area (Å²) >= 11 is 3.37. The highest BCUT2D eigenvalue weighted by molar-refractivity contribution is 9.10. The zero-order chi connectivity index (χ0) is 20.1. The second kappa shape index (κ2) is 8.85. The van der Waals surface area contributed by atoms with Crippen LogP contribution in [0.3, 0.4) is 0 Å². The van der Waals surface area contributed by atoms with Crippen molar-refractivity contribution in [2.45, 2.75) is 6.54 Å². The number of ketones is 1. The van der Waals surface area contributed by atoms with Crippen molar-refractivity contribution in [3.63, 3.8) is 0 Å². The number of methoxy groups -OCH3 is 1. The highest BCUT2D eigenvalue weighted by Gasteiger charge is 2.21. The van der Waals surface area contributed by atoms with E-state index in [0.29, 0.717) is 23.2 Å². The third-order valence-corrected chi connectivity index (χ3v) is 4.98. The number of rotatable bonds is 6. The molecule has 0 bridgehead atoms. The van der Waals surface area contributed by atoms with Gasteiger partial charge in [-0.15, -0.1) is 0 Å². The van der Waals surface area contributed by atoms with E-state index in [1.165, 1.54) is 0 Å². The van der Waals surface area contributed by atoms with E-state index >= 15 is 0 Å². The van der Waals surface area contributed by atoms with Gasteiger partial charge in [0.2, 0.25) is 0 Å². The maximum Gasteiger partial charge on any atom is 0.254 e. The van der Waals surface area contributed by atoms with Crippen LogP contribution < -0.4 is 4.74 Å². The van der Waals surface area contributed by atoms with Gasteiger partial charge in [0.25, 0.3) is 5.91 Å². The zero-order valence-corrected chi connectivity index (χ0v) is 17.3. The number of ether oxygens (including phenoxy) is 1. The molecule has 0 spiro atoms. The second-order valence-electron chi connectivity index (χ2n) is 6.35. The molecule has 0 aromatic heterocycles. The van der Waals surface area contributed by atoms with Gasteiger partial charge in [0.15, 0.2) is 5.78 Å². The molecule has 1 amide bonds. The number of halogens is 1. The monoisotopic (exact) mass is 437 g/mol. The summed E-state index contributed by atoms with van der Waals surface area (Å²) in [5.41, 5.74) is 2.21. The highest BCUT2D eigenvalue weighted by Crippen LogP contribution is 2.22. The number of carbonyl (C=O) groups excluding carboxylic acids is 2. The number of nitrogens with zero attached hydrogens (tertiary/aromatic N) is 1. The first kappa shape index (κ1) is 19.8. The lowest BCUT2D eigenvalue weighted by Crippen LogP contribution is -2.28. The molecule has 3 aromatic rings. The maximum atomic E-state index is 13.1. The van der Waals surface area contributed by atoms with Crippen molar-refractivity contribution in [3.05, 3.63) is 99.5 Å². The molecule has 3 rings (SSSR count). The van der Waals surface area contributed by atoms with Gasteiger partial charge < -0.3 is 9.64 Å². The fourth-order valence-electron chi connectivity index (χ4n) is 2.99. The number of carbonyl (C=O) groups is 2. The van der Waals surface area contributed by atoms with Gasteiger partial charge >= 0.3 is 0 Å². The molecule has 0 fully saturated rings. The molecule has 0 N–H and O–H groups in total. The number of para-hydroxylation sites is 1. The Balaban J connectivity index is 1.88. The third kappa shape index (κ3) is 4.31. The van der Waals surface area contributed by atoms with Crippen LogP contribution in [-0.2, 0) is 6.54 Å². The predicted octanol–water partition coefficient (Wildman–Crippen LogP) is 4.96. The van der Waals surface area contributed by atoms with E-state index in [1.54, 1.807) is 55.5 Å². The summed E-state index contributed by atoms with van der Waals surface area (Å²) in [6, 6.07) is 21.6. The molecular weight excluding hydrogens is 418 g/mol. The summed E-state index contributed by atoms with van der Waals surface area (Å²) in [4.78, 5) is 27.6. The fraction of sp³-hybridized carbons (Fsp3) is 0.130. The number of benzene rings is 3. The average Bonchev–Trinajstić information content (AvgIpc) is 2.73. The molecule has 0 radical (unpaired) electrons. The summed E-state index contributed by atoms with van der Waals surface area (Å²) in [5.74, 6) is 0.329. The molecule has 0 saturated carbocycles. The van der Waals surface area contributed by atoms with Crippen molar-refractivity contribution in [2.24, 2.45) is 0 Å². The van der Waals surface area contributed by atoms with Crippen molar-refractivity contribution >= 4 is 27.6 Å². The van der Waals surface area contributed by atoms with E-state index in [4.69, 9.17) is 4.74 Å². The molecule has 5 heteroatoms. The van der Waals surface area contributed by atoms with Gasteiger partial charge in [0, 0.05) is 34.8 Å². The SMILES string of the molecule is COc1ccccc1CN(C)C(=O)c1ccccc1C(=O)c1ccc(Br)cc1. The van der Waals surface area contributed by atoms with Gasteiger partial charge in [-0.3, -0.25) is 9.59 Å². The van der Waals surface area contributed by atoms with Gasteiger partial charge in [0.05, 0.1) is 12.7 Å². The quantitative estimate of drug-likeness (QED) is 0.511. The number of hydrogen-bond acceptors (Lipinski definition) is 3. The minimum absolute atomic E-state index is 0.179. The molecule has 0 saturated heterocycles. The minimum atomic E-state index is -0.216. The van der Waals surface area contributed by atoms with Crippen LogP contribution >= 0.6 is 15.9 Å². The van der Waals surface area contributed by atoms with Crippen molar-refractivity contribution in [3.8, 4) is 5.75 Å². The smallest absolute Gasteiger partial charge is 0.254 e. The van der Waals surface area contributed by atoms with E-state index in [1.807, 2.05) is 36.4 Å². The van der Waals surface area contributed by atoms with Gasteiger partial charge in [-0.05, 0) is 36.4 Å². The Morgan fingerprint density at radius 2 is 1.50 bits per heavy atom.